The second-order valence-corrected chi connectivity index (χ2v) is 6.91. The molecule has 1 fully saturated rings. The lowest BCUT2D eigenvalue weighted by Gasteiger charge is -2.26. The molecule has 0 saturated carbocycles. The number of hydrogen-bond acceptors (Lipinski definition) is 4. The Morgan fingerprint density at radius 3 is 2.56 bits per heavy atom. The Kier molecular flexibility index (Phi) is 7.40. The van der Waals surface area contributed by atoms with Crippen LogP contribution in [0.4, 0.5) is 0 Å². The Labute approximate surface area is 150 Å². The number of aliphatic carboxylic acids is 1. The lowest BCUT2D eigenvalue weighted by Crippen LogP contribution is -2.39. The van der Waals surface area contributed by atoms with Crippen molar-refractivity contribution in [3.63, 3.8) is 0 Å². The minimum Gasteiger partial charge on any atom is -0.480 e. The molecule has 1 aromatic rings. The van der Waals surface area contributed by atoms with Gasteiger partial charge in [-0.1, -0.05) is 30.3 Å². The zero-order valence-corrected chi connectivity index (χ0v) is 15.2. The molecule has 1 aromatic carbocycles. The van der Waals surface area contributed by atoms with Crippen molar-refractivity contribution >= 4 is 11.9 Å². The first-order chi connectivity index (χ1) is 12.0. The van der Waals surface area contributed by atoms with Gasteiger partial charge in [-0.25, -0.2) is 0 Å². The number of likely N-dealkylation sites (N-methyl/N-ethyl adjacent to an activating group) is 2. The number of carbonyl (C=O) groups is 2. The van der Waals surface area contributed by atoms with E-state index in [-0.39, 0.29) is 18.5 Å². The van der Waals surface area contributed by atoms with Crippen LogP contribution in [0.2, 0.25) is 0 Å². The molecule has 138 valence electrons. The van der Waals surface area contributed by atoms with Gasteiger partial charge in [0.1, 0.15) is 0 Å². The van der Waals surface area contributed by atoms with Gasteiger partial charge in [0.15, 0.2) is 0 Å². The van der Waals surface area contributed by atoms with Gasteiger partial charge in [0.2, 0.25) is 5.91 Å². The van der Waals surface area contributed by atoms with Crippen LogP contribution < -0.4 is 0 Å². The summed E-state index contributed by atoms with van der Waals surface area (Å²) >= 11 is 0. The molecule has 1 saturated heterocycles. The van der Waals surface area contributed by atoms with Crippen LogP contribution in [-0.2, 0) is 16.1 Å². The molecule has 1 aliphatic rings. The van der Waals surface area contributed by atoms with Crippen molar-refractivity contribution in [2.45, 2.75) is 31.8 Å². The molecule has 1 aliphatic heterocycles. The van der Waals surface area contributed by atoms with E-state index < -0.39 is 5.97 Å². The first-order valence-electron chi connectivity index (χ1n) is 8.88. The van der Waals surface area contributed by atoms with Crippen LogP contribution in [0.3, 0.4) is 0 Å². The molecule has 6 nitrogen and oxygen atoms in total. The van der Waals surface area contributed by atoms with Crippen LogP contribution in [0.15, 0.2) is 30.3 Å². The topological polar surface area (TPSA) is 64.1 Å². The van der Waals surface area contributed by atoms with E-state index in [1.165, 1.54) is 0 Å². The molecule has 0 spiro atoms. The summed E-state index contributed by atoms with van der Waals surface area (Å²) < 4.78 is 0. The third kappa shape index (κ3) is 6.48. The predicted molar refractivity (Wildman–Crippen MR) is 97.3 cm³/mol. The standard InChI is InChI=1S/C19H29N3O3/c1-20(15-19(24)25)17-9-6-11-22(12-10-17)14-18(23)21(2)13-16-7-4-3-5-8-16/h3-5,7-8,17H,6,9-15H2,1-2H3,(H,24,25). The Morgan fingerprint density at radius 1 is 1.16 bits per heavy atom. The number of likely N-dealkylation sites (tertiary alicyclic amines) is 1. The van der Waals surface area contributed by atoms with E-state index in [2.05, 4.69) is 4.90 Å². The maximum Gasteiger partial charge on any atom is 0.317 e. The summed E-state index contributed by atoms with van der Waals surface area (Å²) in [6.07, 6.45) is 2.87. The second-order valence-electron chi connectivity index (χ2n) is 6.91. The first-order valence-corrected chi connectivity index (χ1v) is 8.88. The SMILES string of the molecule is CN(Cc1ccccc1)C(=O)CN1CCCC(N(C)CC(=O)O)CC1. The summed E-state index contributed by atoms with van der Waals surface area (Å²) in [7, 11) is 3.71. The van der Waals surface area contributed by atoms with Crippen LogP contribution in [0.25, 0.3) is 0 Å². The van der Waals surface area contributed by atoms with Gasteiger partial charge in [-0.3, -0.25) is 19.4 Å². The zero-order chi connectivity index (χ0) is 18.2. The van der Waals surface area contributed by atoms with Crippen LogP contribution in [-0.4, -0.2) is 78.0 Å². The fourth-order valence-electron chi connectivity index (χ4n) is 3.34. The minimum atomic E-state index is -0.790. The predicted octanol–water partition coefficient (Wildman–Crippen LogP) is 1.52. The van der Waals surface area contributed by atoms with Gasteiger partial charge in [0, 0.05) is 26.2 Å². The monoisotopic (exact) mass is 347 g/mol. The van der Waals surface area contributed by atoms with Crippen molar-refractivity contribution in [2.75, 3.05) is 40.3 Å². The Bertz CT molecular complexity index is 564. The molecule has 1 heterocycles. The summed E-state index contributed by atoms with van der Waals surface area (Å²) in [5, 5.41) is 8.94. The third-order valence-corrected chi connectivity index (χ3v) is 4.85. The van der Waals surface area contributed by atoms with Gasteiger partial charge in [-0.15, -0.1) is 0 Å². The largest absolute Gasteiger partial charge is 0.480 e. The lowest BCUT2D eigenvalue weighted by molar-refractivity contribution is -0.138. The van der Waals surface area contributed by atoms with Crippen molar-refractivity contribution < 1.29 is 14.7 Å². The highest BCUT2D eigenvalue weighted by Gasteiger charge is 2.23. The van der Waals surface area contributed by atoms with Gasteiger partial charge >= 0.3 is 5.97 Å². The molecule has 1 unspecified atom stereocenters. The molecule has 0 radical (unpaired) electrons. The van der Waals surface area contributed by atoms with Crippen molar-refractivity contribution in [3.05, 3.63) is 35.9 Å². The number of carboxylic acids is 1. The van der Waals surface area contributed by atoms with E-state index >= 15 is 0 Å². The fraction of sp³-hybridized carbons (Fsp3) is 0.579. The number of carboxylic acid groups (broad SMARTS) is 1. The molecule has 25 heavy (non-hydrogen) atoms. The Balaban J connectivity index is 1.80. The van der Waals surface area contributed by atoms with Crippen molar-refractivity contribution in [1.29, 1.82) is 0 Å². The molecule has 6 heteroatoms. The van der Waals surface area contributed by atoms with Gasteiger partial charge in [-0.2, -0.15) is 0 Å². The van der Waals surface area contributed by atoms with Gasteiger partial charge < -0.3 is 10.0 Å². The molecule has 1 amide bonds. The number of amides is 1. The summed E-state index contributed by atoms with van der Waals surface area (Å²) in [4.78, 5) is 29.2. The van der Waals surface area contributed by atoms with Crippen molar-refractivity contribution in [1.82, 2.24) is 14.7 Å². The van der Waals surface area contributed by atoms with Crippen molar-refractivity contribution in [3.8, 4) is 0 Å². The molecular formula is C19H29N3O3. The maximum atomic E-state index is 12.5. The molecule has 1 atom stereocenters. The van der Waals surface area contributed by atoms with E-state index in [1.54, 1.807) is 4.90 Å². The molecule has 0 bridgehead atoms. The quantitative estimate of drug-likeness (QED) is 0.810. The molecule has 2 rings (SSSR count). The Morgan fingerprint density at radius 2 is 1.88 bits per heavy atom. The van der Waals surface area contributed by atoms with E-state index in [0.29, 0.717) is 13.1 Å². The highest BCUT2D eigenvalue weighted by atomic mass is 16.4. The van der Waals surface area contributed by atoms with E-state index in [1.807, 2.05) is 49.3 Å². The van der Waals surface area contributed by atoms with Gasteiger partial charge in [-0.05, 0) is 38.4 Å². The van der Waals surface area contributed by atoms with E-state index in [9.17, 15) is 9.59 Å². The minimum absolute atomic E-state index is 0.0728. The van der Waals surface area contributed by atoms with E-state index in [4.69, 9.17) is 5.11 Å². The number of nitrogens with zero attached hydrogens (tertiary/aromatic N) is 3. The highest BCUT2D eigenvalue weighted by molar-refractivity contribution is 5.78. The molecule has 1 N–H and O–H groups in total. The average Bonchev–Trinajstić information content (AvgIpc) is 2.80. The molecule has 0 aromatic heterocycles. The first kappa shape index (κ1) is 19.4. The zero-order valence-electron chi connectivity index (χ0n) is 15.2. The summed E-state index contributed by atoms with van der Waals surface area (Å²) in [5.74, 6) is -0.664. The smallest absolute Gasteiger partial charge is 0.317 e. The van der Waals surface area contributed by atoms with Crippen molar-refractivity contribution in [2.24, 2.45) is 0 Å². The number of rotatable bonds is 7. The second kappa shape index (κ2) is 9.53. The average molecular weight is 347 g/mol. The number of hydrogen-bond donors (Lipinski definition) is 1. The molecular weight excluding hydrogens is 318 g/mol. The fourth-order valence-corrected chi connectivity index (χ4v) is 3.34. The van der Waals surface area contributed by atoms with Crippen LogP contribution >= 0.6 is 0 Å². The van der Waals surface area contributed by atoms with Gasteiger partial charge in [0.05, 0.1) is 13.1 Å². The highest BCUT2D eigenvalue weighted by Crippen LogP contribution is 2.16. The Hall–Kier alpha value is -1.92. The number of carbonyl (C=O) groups excluding carboxylic acids is 1. The van der Waals surface area contributed by atoms with Crippen LogP contribution in [0.5, 0.6) is 0 Å². The van der Waals surface area contributed by atoms with Crippen LogP contribution in [0.1, 0.15) is 24.8 Å². The summed E-state index contributed by atoms with van der Waals surface area (Å²) in [5.41, 5.74) is 1.13. The summed E-state index contributed by atoms with van der Waals surface area (Å²) in [6, 6.07) is 10.3. The van der Waals surface area contributed by atoms with E-state index in [0.717, 1.165) is 37.9 Å². The third-order valence-electron chi connectivity index (χ3n) is 4.85. The van der Waals surface area contributed by atoms with Gasteiger partial charge in [0.25, 0.3) is 0 Å². The molecule has 0 aliphatic carbocycles. The summed E-state index contributed by atoms with van der Waals surface area (Å²) in [6.45, 7) is 2.85. The number of benzene rings is 1. The van der Waals surface area contributed by atoms with Crippen LogP contribution in [0, 0.1) is 0 Å². The lowest BCUT2D eigenvalue weighted by atomic mass is 10.1. The maximum absolute atomic E-state index is 12.5. The normalized spacial score (nSPS) is 18.8.